The first-order valence-electron chi connectivity index (χ1n) is 6.11. The molecule has 1 fully saturated rings. The maximum atomic E-state index is 11.7. The third-order valence-corrected chi connectivity index (χ3v) is 4.68. The fourth-order valence-electron chi connectivity index (χ4n) is 2.42. The number of fused-ring (bicyclic) bond motifs is 1. The summed E-state index contributed by atoms with van der Waals surface area (Å²) in [7, 11) is 0. The fraction of sp³-hybridized carbons (Fsp3) is 0.357. The number of amides is 1. The second kappa shape index (κ2) is 4.90. The molecule has 1 atom stereocenters. The topological polar surface area (TPSA) is 20.3 Å². The zero-order valence-electron chi connectivity index (χ0n) is 9.93. The summed E-state index contributed by atoms with van der Waals surface area (Å²) in [5.74, 6) is 0.189. The second-order valence-corrected chi connectivity index (χ2v) is 6.18. The molecule has 2 aromatic rings. The van der Waals surface area contributed by atoms with Gasteiger partial charge in [0, 0.05) is 24.2 Å². The van der Waals surface area contributed by atoms with E-state index in [9.17, 15) is 4.79 Å². The van der Waals surface area contributed by atoms with E-state index in [0.29, 0.717) is 13.0 Å². The first-order chi connectivity index (χ1) is 8.74. The van der Waals surface area contributed by atoms with Crippen molar-refractivity contribution in [2.45, 2.75) is 18.2 Å². The number of hydrogen-bond donors (Lipinski definition) is 0. The average molecular weight is 280 g/mol. The zero-order chi connectivity index (χ0) is 12.5. The summed E-state index contributed by atoms with van der Waals surface area (Å²) in [5, 5.41) is 3.51. The van der Waals surface area contributed by atoms with Crippen molar-refractivity contribution in [2.75, 3.05) is 13.1 Å². The Kier molecular flexibility index (Phi) is 3.27. The van der Waals surface area contributed by atoms with Gasteiger partial charge in [-0.1, -0.05) is 18.2 Å². The number of likely N-dealkylation sites (tertiary alicyclic amines) is 1. The van der Waals surface area contributed by atoms with Gasteiger partial charge in [0.05, 0.1) is 5.38 Å². The summed E-state index contributed by atoms with van der Waals surface area (Å²) in [6.45, 7) is 1.48. The van der Waals surface area contributed by atoms with Crippen LogP contribution in [0, 0.1) is 0 Å². The average Bonchev–Trinajstić information content (AvgIpc) is 2.90. The van der Waals surface area contributed by atoms with Crippen molar-refractivity contribution in [1.82, 2.24) is 4.90 Å². The summed E-state index contributed by atoms with van der Waals surface area (Å²) in [6.07, 6.45) is 1.41. The Labute approximate surface area is 115 Å². The van der Waals surface area contributed by atoms with Crippen LogP contribution < -0.4 is 0 Å². The van der Waals surface area contributed by atoms with Crippen molar-refractivity contribution in [2.24, 2.45) is 0 Å². The van der Waals surface area contributed by atoms with Crippen molar-refractivity contribution in [1.29, 1.82) is 0 Å². The number of thiophene rings is 1. The molecule has 2 nitrogen and oxygen atoms in total. The van der Waals surface area contributed by atoms with Gasteiger partial charge in [0.2, 0.25) is 5.91 Å². The van der Waals surface area contributed by atoms with Crippen molar-refractivity contribution in [3.8, 4) is 0 Å². The number of rotatable bonds is 3. The highest BCUT2D eigenvalue weighted by Crippen LogP contribution is 2.26. The number of benzene rings is 1. The van der Waals surface area contributed by atoms with Gasteiger partial charge in [-0.15, -0.1) is 22.9 Å². The van der Waals surface area contributed by atoms with Crippen LogP contribution in [0.3, 0.4) is 0 Å². The minimum atomic E-state index is -0.00304. The fourth-order valence-corrected chi connectivity index (χ4v) is 3.72. The molecule has 0 bridgehead atoms. The van der Waals surface area contributed by atoms with Gasteiger partial charge in [-0.25, -0.2) is 0 Å². The highest BCUT2D eigenvalue weighted by molar-refractivity contribution is 7.17. The Balaban J connectivity index is 1.72. The summed E-state index contributed by atoms with van der Waals surface area (Å²) >= 11 is 7.77. The Morgan fingerprint density at radius 2 is 2.22 bits per heavy atom. The van der Waals surface area contributed by atoms with Crippen LogP contribution in [0.1, 0.15) is 12.0 Å². The molecule has 18 heavy (non-hydrogen) atoms. The predicted octanol–water partition coefficient (Wildman–Crippen LogP) is 3.28. The normalized spacial score (nSPS) is 19.9. The molecule has 1 aliphatic heterocycles. The Hall–Kier alpha value is -1.06. The van der Waals surface area contributed by atoms with E-state index in [1.54, 1.807) is 11.3 Å². The van der Waals surface area contributed by atoms with Gasteiger partial charge in [0.25, 0.3) is 0 Å². The van der Waals surface area contributed by atoms with E-state index in [1.807, 2.05) is 4.90 Å². The van der Waals surface area contributed by atoms with Crippen molar-refractivity contribution in [3.05, 3.63) is 35.2 Å². The van der Waals surface area contributed by atoms with E-state index in [-0.39, 0.29) is 11.3 Å². The lowest BCUT2D eigenvalue weighted by Crippen LogP contribution is -2.27. The Morgan fingerprint density at radius 3 is 3.00 bits per heavy atom. The Bertz CT molecular complexity index is 580. The highest BCUT2D eigenvalue weighted by atomic mass is 35.5. The van der Waals surface area contributed by atoms with Crippen LogP contribution in [0.4, 0.5) is 0 Å². The van der Waals surface area contributed by atoms with Crippen molar-refractivity contribution in [3.63, 3.8) is 0 Å². The highest BCUT2D eigenvalue weighted by Gasteiger charge is 2.27. The van der Waals surface area contributed by atoms with Gasteiger partial charge in [-0.2, -0.15) is 0 Å². The molecule has 2 heterocycles. The van der Waals surface area contributed by atoms with Gasteiger partial charge < -0.3 is 4.90 Å². The molecule has 1 saturated heterocycles. The van der Waals surface area contributed by atoms with E-state index in [4.69, 9.17) is 11.6 Å². The SMILES string of the molecule is O=C1CC(Cl)CN1CCc1csc2ccccc12. The van der Waals surface area contributed by atoms with E-state index in [0.717, 1.165) is 13.0 Å². The van der Waals surface area contributed by atoms with Crippen molar-refractivity contribution < 1.29 is 4.79 Å². The van der Waals surface area contributed by atoms with E-state index < -0.39 is 0 Å². The molecule has 0 aliphatic carbocycles. The van der Waals surface area contributed by atoms with Crippen LogP contribution >= 0.6 is 22.9 Å². The zero-order valence-corrected chi connectivity index (χ0v) is 11.5. The molecule has 94 valence electrons. The number of nitrogens with zero attached hydrogens (tertiary/aromatic N) is 1. The number of carbonyl (C=O) groups excluding carboxylic acids is 1. The molecule has 3 rings (SSSR count). The molecule has 1 amide bonds. The second-order valence-electron chi connectivity index (χ2n) is 4.65. The smallest absolute Gasteiger partial charge is 0.224 e. The third kappa shape index (κ3) is 2.25. The van der Waals surface area contributed by atoms with Crippen LogP contribution in [-0.2, 0) is 11.2 Å². The maximum absolute atomic E-state index is 11.7. The number of halogens is 1. The number of carbonyl (C=O) groups is 1. The lowest BCUT2D eigenvalue weighted by Gasteiger charge is -2.15. The standard InChI is InChI=1S/C14H14ClNOS/c15-11-7-14(17)16(8-11)6-5-10-9-18-13-4-2-1-3-12(10)13/h1-4,9,11H,5-8H2. The monoisotopic (exact) mass is 279 g/mol. The lowest BCUT2D eigenvalue weighted by molar-refractivity contribution is -0.127. The molecule has 0 radical (unpaired) electrons. The Morgan fingerprint density at radius 1 is 1.39 bits per heavy atom. The quantitative estimate of drug-likeness (QED) is 0.790. The molecular formula is C14H14ClNOS. The number of alkyl halides is 1. The summed E-state index contributed by atoms with van der Waals surface area (Å²) in [5.41, 5.74) is 1.33. The van der Waals surface area contributed by atoms with E-state index in [1.165, 1.54) is 15.6 Å². The first kappa shape index (κ1) is 12.0. The van der Waals surface area contributed by atoms with Crippen molar-refractivity contribution >= 4 is 38.9 Å². The molecule has 1 unspecified atom stereocenters. The summed E-state index contributed by atoms with van der Waals surface area (Å²) < 4.78 is 1.32. The largest absolute Gasteiger partial charge is 0.341 e. The van der Waals surface area contributed by atoms with Crippen LogP contribution in [-0.4, -0.2) is 29.3 Å². The lowest BCUT2D eigenvalue weighted by atomic mass is 10.1. The molecule has 4 heteroatoms. The first-order valence-corrected chi connectivity index (χ1v) is 7.42. The molecule has 0 saturated carbocycles. The van der Waals surface area contributed by atoms with E-state index in [2.05, 4.69) is 29.6 Å². The van der Waals surface area contributed by atoms with Gasteiger partial charge in [0.1, 0.15) is 0 Å². The van der Waals surface area contributed by atoms with Crippen LogP contribution in [0.2, 0.25) is 0 Å². The van der Waals surface area contributed by atoms with Gasteiger partial charge >= 0.3 is 0 Å². The third-order valence-electron chi connectivity index (χ3n) is 3.38. The molecule has 0 spiro atoms. The molecule has 1 aromatic heterocycles. The molecule has 0 N–H and O–H groups in total. The predicted molar refractivity (Wildman–Crippen MR) is 76.4 cm³/mol. The van der Waals surface area contributed by atoms with Gasteiger partial charge in [-0.3, -0.25) is 4.79 Å². The number of hydrogen-bond acceptors (Lipinski definition) is 2. The van der Waals surface area contributed by atoms with Crippen LogP contribution in [0.15, 0.2) is 29.6 Å². The van der Waals surface area contributed by atoms with E-state index >= 15 is 0 Å². The van der Waals surface area contributed by atoms with Crippen LogP contribution in [0.25, 0.3) is 10.1 Å². The minimum Gasteiger partial charge on any atom is -0.341 e. The summed E-state index contributed by atoms with van der Waals surface area (Å²) in [4.78, 5) is 13.5. The molecular weight excluding hydrogens is 266 g/mol. The van der Waals surface area contributed by atoms with Gasteiger partial charge in [0.15, 0.2) is 0 Å². The molecule has 1 aliphatic rings. The maximum Gasteiger partial charge on any atom is 0.224 e. The molecule has 1 aromatic carbocycles. The van der Waals surface area contributed by atoms with Gasteiger partial charge in [-0.05, 0) is 28.8 Å². The van der Waals surface area contributed by atoms with Crippen LogP contribution in [0.5, 0.6) is 0 Å². The minimum absolute atomic E-state index is 0.00304. The summed E-state index contributed by atoms with van der Waals surface area (Å²) in [6, 6.07) is 8.41.